The van der Waals surface area contributed by atoms with E-state index in [-0.39, 0.29) is 5.78 Å². The topological polar surface area (TPSA) is 43.4 Å². The van der Waals surface area contributed by atoms with Gasteiger partial charge in [0.05, 0.1) is 13.2 Å². The minimum Gasteiger partial charge on any atom is -0.377 e. The summed E-state index contributed by atoms with van der Waals surface area (Å²) in [6.07, 6.45) is 4.91. The van der Waals surface area contributed by atoms with Gasteiger partial charge in [-0.05, 0) is 12.2 Å². The van der Waals surface area contributed by atoms with Crippen LogP contribution in [0.3, 0.4) is 0 Å². The van der Waals surface area contributed by atoms with Gasteiger partial charge in [-0.25, -0.2) is 0 Å². The van der Waals surface area contributed by atoms with Crippen molar-refractivity contribution >= 4 is 12.1 Å². The van der Waals surface area contributed by atoms with E-state index in [1.165, 1.54) is 12.2 Å². The van der Waals surface area contributed by atoms with Crippen molar-refractivity contribution in [3.05, 3.63) is 24.8 Å². The molecule has 0 saturated heterocycles. The van der Waals surface area contributed by atoms with E-state index in [0.29, 0.717) is 25.9 Å². The summed E-state index contributed by atoms with van der Waals surface area (Å²) in [6.45, 7) is 4.27. The van der Waals surface area contributed by atoms with Crippen molar-refractivity contribution in [1.82, 2.24) is 0 Å². The fourth-order valence-electron chi connectivity index (χ4n) is 0.569. The van der Waals surface area contributed by atoms with Crippen LogP contribution in [0.4, 0.5) is 0 Å². The Morgan fingerprint density at radius 3 is 2.83 bits per heavy atom. The molecular formula is C9H12O3. The maximum Gasteiger partial charge on any atom is 0.158 e. The minimum atomic E-state index is -0.105. The molecule has 0 spiro atoms. The van der Waals surface area contributed by atoms with Gasteiger partial charge in [-0.3, -0.25) is 9.59 Å². The summed E-state index contributed by atoms with van der Waals surface area (Å²) < 4.78 is 4.97. The van der Waals surface area contributed by atoms with Crippen molar-refractivity contribution in [1.29, 1.82) is 0 Å². The molecule has 66 valence electrons. The molecule has 0 aliphatic carbocycles. The lowest BCUT2D eigenvalue weighted by atomic mass is 10.3. The average Bonchev–Trinajstić information content (AvgIpc) is 2.09. The van der Waals surface area contributed by atoms with Crippen molar-refractivity contribution in [3.8, 4) is 0 Å². The third kappa shape index (κ3) is 6.89. The standard InChI is InChI=1S/C9H12O3/c1-2-7-12-8-5-9(11)4-3-6-10/h2-4,6H,1,5,7-8H2. The molecule has 0 amide bonds. The lowest BCUT2D eigenvalue weighted by Gasteiger charge is -1.96. The van der Waals surface area contributed by atoms with Crippen LogP contribution < -0.4 is 0 Å². The molecule has 0 aliphatic heterocycles. The number of aldehydes is 1. The van der Waals surface area contributed by atoms with E-state index in [4.69, 9.17) is 4.74 Å². The van der Waals surface area contributed by atoms with Crippen LogP contribution in [0.2, 0.25) is 0 Å². The lowest BCUT2D eigenvalue weighted by Crippen LogP contribution is -2.01. The molecule has 3 nitrogen and oxygen atoms in total. The van der Waals surface area contributed by atoms with Crippen LogP contribution >= 0.6 is 0 Å². The largest absolute Gasteiger partial charge is 0.377 e. The zero-order valence-corrected chi connectivity index (χ0v) is 6.86. The first-order valence-corrected chi connectivity index (χ1v) is 3.64. The highest BCUT2D eigenvalue weighted by Crippen LogP contribution is 1.87. The normalized spacial score (nSPS) is 10.0. The van der Waals surface area contributed by atoms with Crippen molar-refractivity contribution in [2.45, 2.75) is 6.42 Å². The zero-order chi connectivity index (χ0) is 9.23. The summed E-state index contributed by atoms with van der Waals surface area (Å²) in [6, 6.07) is 0. The maximum atomic E-state index is 10.8. The molecule has 0 radical (unpaired) electrons. The number of ketones is 1. The second-order valence-corrected chi connectivity index (χ2v) is 2.08. The Balaban J connectivity index is 3.37. The Hall–Kier alpha value is -1.22. The lowest BCUT2D eigenvalue weighted by molar-refractivity contribution is -0.115. The predicted molar refractivity (Wildman–Crippen MR) is 45.8 cm³/mol. The Labute approximate surface area is 71.7 Å². The van der Waals surface area contributed by atoms with E-state index < -0.39 is 0 Å². The highest BCUT2D eigenvalue weighted by Gasteiger charge is 1.94. The quantitative estimate of drug-likeness (QED) is 0.245. The number of carbonyl (C=O) groups excluding carboxylic acids is 2. The summed E-state index contributed by atoms with van der Waals surface area (Å²) in [7, 11) is 0. The molecule has 0 N–H and O–H groups in total. The molecule has 0 bridgehead atoms. The summed E-state index contributed by atoms with van der Waals surface area (Å²) in [5.41, 5.74) is 0. The Morgan fingerprint density at radius 1 is 1.50 bits per heavy atom. The molecule has 0 aromatic rings. The van der Waals surface area contributed by atoms with E-state index in [2.05, 4.69) is 6.58 Å². The van der Waals surface area contributed by atoms with Gasteiger partial charge in [0.2, 0.25) is 0 Å². The van der Waals surface area contributed by atoms with Crippen molar-refractivity contribution in [2.24, 2.45) is 0 Å². The molecule has 12 heavy (non-hydrogen) atoms. The van der Waals surface area contributed by atoms with Crippen LogP contribution in [0.25, 0.3) is 0 Å². The van der Waals surface area contributed by atoms with Gasteiger partial charge < -0.3 is 4.74 Å². The third-order valence-corrected chi connectivity index (χ3v) is 1.09. The molecule has 0 unspecified atom stereocenters. The molecule has 0 saturated carbocycles. The maximum absolute atomic E-state index is 10.8. The molecule has 0 aliphatic rings. The van der Waals surface area contributed by atoms with Crippen LogP contribution in [0, 0.1) is 0 Å². The van der Waals surface area contributed by atoms with Gasteiger partial charge in [-0.2, -0.15) is 0 Å². The zero-order valence-electron chi connectivity index (χ0n) is 6.86. The fourth-order valence-corrected chi connectivity index (χ4v) is 0.569. The van der Waals surface area contributed by atoms with Crippen LogP contribution in [-0.4, -0.2) is 25.3 Å². The number of carbonyl (C=O) groups is 2. The molecule has 0 aromatic heterocycles. The molecule has 3 heteroatoms. The number of hydrogen-bond donors (Lipinski definition) is 0. The Bertz CT molecular complexity index is 182. The van der Waals surface area contributed by atoms with E-state index in [9.17, 15) is 9.59 Å². The van der Waals surface area contributed by atoms with Gasteiger partial charge in [-0.1, -0.05) is 6.08 Å². The molecule has 0 atom stereocenters. The van der Waals surface area contributed by atoms with Crippen molar-refractivity contribution in [3.63, 3.8) is 0 Å². The van der Waals surface area contributed by atoms with Crippen molar-refractivity contribution in [2.75, 3.05) is 13.2 Å². The minimum absolute atomic E-state index is 0.105. The van der Waals surface area contributed by atoms with Gasteiger partial charge in [0.15, 0.2) is 5.78 Å². The SMILES string of the molecule is C=CCOCCC(=O)C=CC=O. The number of allylic oxidation sites excluding steroid dienone is 2. The third-order valence-electron chi connectivity index (χ3n) is 1.09. The molecule has 0 heterocycles. The second kappa shape index (κ2) is 7.88. The summed E-state index contributed by atoms with van der Waals surface area (Å²) in [5.74, 6) is -0.105. The fraction of sp³-hybridized carbons (Fsp3) is 0.333. The van der Waals surface area contributed by atoms with Gasteiger partial charge in [0.1, 0.15) is 6.29 Å². The van der Waals surface area contributed by atoms with E-state index >= 15 is 0 Å². The summed E-state index contributed by atoms with van der Waals surface area (Å²) in [4.78, 5) is 20.6. The summed E-state index contributed by atoms with van der Waals surface area (Å²) >= 11 is 0. The first-order valence-electron chi connectivity index (χ1n) is 3.64. The van der Waals surface area contributed by atoms with Gasteiger partial charge in [0, 0.05) is 6.42 Å². The molecule has 0 rings (SSSR count). The van der Waals surface area contributed by atoms with Crippen LogP contribution in [0.5, 0.6) is 0 Å². The van der Waals surface area contributed by atoms with Crippen LogP contribution in [0.15, 0.2) is 24.8 Å². The van der Waals surface area contributed by atoms with Gasteiger partial charge in [-0.15, -0.1) is 6.58 Å². The van der Waals surface area contributed by atoms with E-state index in [1.54, 1.807) is 6.08 Å². The number of hydrogen-bond acceptors (Lipinski definition) is 3. The van der Waals surface area contributed by atoms with Crippen LogP contribution in [0.1, 0.15) is 6.42 Å². The predicted octanol–water partition coefficient (Wildman–Crippen LogP) is 0.903. The van der Waals surface area contributed by atoms with E-state index in [0.717, 1.165) is 0 Å². The first kappa shape index (κ1) is 10.8. The smallest absolute Gasteiger partial charge is 0.158 e. The summed E-state index contributed by atoms with van der Waals surface area (Å²) in [5, 5.41) is 0. The van der Waals surface area contributed by atoms with Gasteiger partial charge in [0.25, 0.3) is 0 Å². The molecular weight excluding hydrogens is 156 g/mol. The average molecular weight is 168 g/mol. The number of ether oxygens (including phenoxy) is 1. The monoisotopic (exact) mass is 168 g/mol. The molecule has 0 fully saturated rings. The van der Waals surface area contributed by atoms with Crippen LogP contribution in [-0.2, 0) is 14.3 Å². The highest BCUT2D eigenvalue weighted by molar-refractivity contribution is 5.92. The molecule has 0 aromatic carbocycles. The van der Waals surface area contributed by atoms with E-state index in [1.807, 2.05) is 0 Å². The first-order chi connectivity index (χ1) is 5.81. The highest BCUT2D eigenvalue weighted by atomic mass is 16.5. The van der Waals surface area contributed by atoms with Gasteiger partial charge >= 0.3 is 0 Å². The Morgan fingerprint density at radius 2 is 2.25 bits per heavy atom. The second-order valence-electron chi connectivity index (χ2n) is 2.08. The number of rotatable bonds is 7. The Kier molecular flexibility index (Phi) is 7.08. The van der Waals surface area contributed by atoms with Crippen molar-refractivity contribution < 1.29 is 14.3 Å².